The molecule has 0 saturated carbocycles. The zero-order chi connectivity index (χ0) is 13.9. The molecule has 2 aromatic carbocycles. The van der Waals surface area contributed by atoms with Crippen molar-refractivity contribution in [2.75, 3.05) is 5.32 Å². The molecule has 0 unspecified atom stereocenters. The van der Waals surface area contributed by atoms with Crippen LogP contribution >= 0.6 is 0 Å². The monoisotopic (exact) mass is 265 g/mol. The van der Waals surface area contributed by atoms with Gasteiger partial charge in [0.2, 0.25) is 0 Å². The molecule has 1 aliphatic rings. The molecule has 3 rings (SSSR count). The summed E-state index contributed by atoms with van der Waals surface area (Å²) in [6.45, 7) is 2.10. The molecule has 2 aromatic rings. The summed E-state index contributed by atoms with van der Waals surface area (Å²) >= 11 is 0. The fraction of sp³-hybridized carbons (Fsp3) is 0.278. The third-order valence-corrected chi connectivity index (χ3v) is 4.01. The molecule has 0 bridgehead atoms. The Bertz CT molecular complexity index is 646. The van der Waals surface area contributed by atoms with Gasteiger partial charge in [-0.25, -0.2) is 0 Å². The van der Waals surface area contributed by atoms with Crippen molar-refractivity contribution in [3.8, 4) is 0 Å². The minimum absolute atomic E-state index is 0.0133. The van der Waals surface area contributed by atoms with Gasteiger partial charge in [0, 0.05) is 11.3 Å². The first-order chi connectivity index (χ1) is 9.78. The van der Waals surface area contributed by atoms with E-state index in [2.05, 4.69) is 24.4 Å². The number of rotatable bonds is 3. The first kappa shape index (κ1) is 12.9. The lowest BCUT2D eigenvalue weighted by Gasteiger charge is -2.10. The van der Waals surface area contributed by atoms with Gasteiger partial charge in [0.1, 0.15) is 0 Å². The highest BCUT2D eigenvalue weighted by Crippen LogP contribution is 2.23. The molecule has 0 spiro atoms. The number of para-hydroxylation sites is 1. The number of carbonyl (C=O) groups excluding carboxylic acids is 1. The standard InChI is InChI=1S/C18H19NO/c1-2-13-6-3-4-9-17(13)19-18(20)16-11-10-14-7-5-8-15(14)12-16/h3-4,6,9-12H,2,5,7-8H2,1H3,(H,19,20). The minimum Gasteiger partial charge on any atom is -0.322 e. The predicted molar refractivity (Wildman–Crippen MR) is 82.2 cm³/mol. The van der Waals surface area contributed by atoms with E-state index >= 15 is 0 Å². The van der Waals surface area contributed by atoms with Crippen LogP contribution in [0.1, 0.15) is 40.4 Å². The largest absolute Gasteiger partial charge is 0.322 e. The van der Waals surface area contributed by atoms with Gasteiger partial charge < -0.3 is 5.32 Å². The van der Waals surface area contributed by atoms with Crippen LogP contribution < -0.4 is 5.32 Å². The highest BCUT2D eigenvalue weighted by atomic mass is 16.1. The molecular formula is C18H19NO. The van der Waals surface area contributed by atoms with E-state index in [1.807, 2.05) is 30.3 Å². The summed E-state index contributed by atoms with van der Waals surface area (Å²) in [5.41, 5.74) is 5.58. The predicted octanol–water partition coefficient (Wildman–Crippen LogP) is 3.99. The summed E-state index contributed by atoms with van der Waals surface area (Å²) in [7, 11) is 0. The molecule has 1 N–H and O–H groups in total. The summed E-state index contributed by atoms with van der Waals surface area (Å²) in [5.74, 6) is -0.0133. The highest BCUT2D eigenvalue weighted by Gasteiger charge is 2.14. The van der Waals surface area contributed by atoms with E-state index in [4.69, 9.17) is 0 Å². The van der Waals surface area contributed by atoms with E-state index in [-0.39, 0.29) is 5.91 Å². The molecule has 20 heavy (non-hydrogen) atoms. The first-order valence-electron chi connectivity index (χ1n) is 7.29. The van der Waals surface area contributed by atoms with E-state index in [0.29, 0.717) is 0 Å². The SMILES string of the molecule is CCc1ccccc1NC(=O)c1ccc2c(c1)CCC2. The minimum atomic E-state index is -0.0133. The summed E-state index contributed by atoms with van der Waals surface area (Å²) < 4.78 is 0. The zero-order valence-corrected chi connectivity index (χ0v) is 11.8. The van der Waals surface area contributed by atoms with Crippen LogP contribution in [0, 0.1) is 0 Å². The van der Waals surface area contributed by atoms with E-state index in [1.54, 1.807) is 0 Å². The van der Waals surface area contributed by atoms with E-state index in [9.17, 15) is 4.79 Å². The van der Waals surface area contributed by atoms with Gasteiger partial charge in [-0.05, 0) is 60.6 Å². The molecular weight excluding hydrogens is 246 g/mol. The number of aryl methyl sites for hydroxylation is 3. The summed E-state index contributed by atoms with van der Waals surface area (Å²) in [5, 5.41) is 3.03. The number of carbonyl (C=O) groups is 1. The normalized spacial score (nSPS) is 13.1. The second kappa shape index (κ2) is 5.49. The lowest BCUT2D eigenvalue weighted by atomic mass is 10.1. The van der Waals surface area contributed by atoms with Crippen LogP contribution in [0.15, 0.2) is 42.5 Å². The van der Waals surface area contributed by atoms with Crippen LogP contribution in [0.2, 0.25) is 0 Å². The van der Waals surface area contributed by atoms with Crippen molar-refractivity contribution in [1.82, 2.24) is 0 Å². The van der Waals surface area contributed by atoms with Gasteiger partial charge in [-0.3, -0.25) is 4.79 Å². The highest BCUT2D eigenvalue weighted by molar-refractivity contribution is 6.04. The number of hydrogen-bond acceptors (Lipinski definition) is 1. The fourth-order valence-electron chi connectivity index (χ4n) is 2.86. The molecule has 0 saturated heterocycles. The summed E-state index contributed by atoms with van der Waals surface area (Å²) in [4.78, 5) is 12.4. The lowest BCUT2D eigenvalue weighted by Crippen LogP contribution is -2.13. The molecule has 0 heterocycles. The molecule has 2 nitrogen and oxygen atoms in total. The van der Waals surface area contributed by atoms with Crippen LogP contribution in [0.4, 0.5) is 5.69 Å². The van der Waals surface area contributed by atoms with Gasteiger partial charge in [0.05, 0.1) is 0 Å². The van der Waals surface area contributed by atoms with E-state index < -0.39 is 0 Å². The van der Waals surface area contributed by atoms with Gasteiger partial charge >= 0.3 is 0 Å². The van der Waals surface area contributed by atoms with Crippen LogP contribution in [0.5, 0.6) is 0 Å². The fourth-order valence-corrected chi connectivity index (χ4v) is 2.86. The van der Waals surface area contributed by atoms with Crippen molar-refractivity contribution in [1.29, 1.82) is 0 Å². The summed E-state index contributed by atoms with van der Waals surface area (Å²) in [6, 6.07) is 14.1. The molecule has 0 radical (unpaired) electrons. The molecule has 0 aliphatic heterocycles. The number of anilines is 1. The average molecular weight is 265 g/mol. The molecule has 1 aliphatic carbocycles. The second-order valence-corrected chi connectivity index (χ2v) is 5.30. The van der Waals surface area contributed by atoms with Crippen LogP contribution in [-0.4, -0.2) is 5.91 Å². The molecule has 0 atom stereocenters. The van der Waals surface area contributed by atoms with Crippen LogP contribution in [0.25, 0.3) is 0 Å². The Morgan fingerprint density at radius 2 is 1.90 bits per heavy atom. The molecule has 102 valence electrons. The van der Waals surface area contributed by atoms with Gasteiger partial charge in [0.25, 0.3) is 5.91 Å². The van der Waals surface area contributed by atoms with Gasteiger partial charge in [-0.1, -0.05) is 31.2 Å². The third kappa shape index (κ3) is 2.46. The lowest BCUT2D eigenvalue weighted by molar-refractivity contribution is 0.102. The van der Waals surface area contributed by atoms with Crippen molar-refractivity contribution in [3.63, 3.8) is 0 Å². The first-order valence-corrected chi connectivity index (χ1v) is 7.29. The maximum atomic E-state index is 12.4. The quantitative estimate of drug-likeness (QED) is 0.893. The third-order valence-electron chi connectivity index (χ3n) is 4.01. The average Bonchev–Trinajstić information content (AvgIpc) is 2.95. The van der Waals surface area contributed by atoms with Gasteiger partial charge in [-0.2, -0.15) is 0 Å². The number of hydrogen-bond donors (Lipinski definition) is 1. The Morgan fingerprint density at radius 3 is 2.75 bits per heavy atom. The molecule has 0 aromatic heterocycles. The van der Waals surface area contributed by atoms with Crippen LogP contribution in [0.3, 0.4) is 0 Å². The smallest absolute Gasteiger partial charge is 0.255 e. The van der Waals surface area contributed by atoms with Gasteiger partial charge in [-0.15, -0.1) is 0 Å². The van der Waals surface area contributed by atoms with E-state index in [0.717, 1.165) is 30.5 Å². The van der Waals surface area contributed by atoms with Gasteiger partial charge in [0.15, 0.2) is 0 Å². The number of amides is 1. The van der Waals surface area contributed by atoms with Crippen molar-refractivity contribution in [2.45, 2.75) is 32.6 Å². The Kier molecular flexibility index (Phi) is 3.55. The number of benzene rings is 2. The maximum Gasteiger partial charge on any atom is 0.255 e. The Morgan fingerprint density at radius 1 is 1.10 bits per heavy atom. The van der Waals surface area contributed by atoms with Crippen molar-refractivity contribution in [2.24, 2.45) is 0 Å². The zero-order valence-electron chi connectivity index (χ0n) is 11.8. The van der Waals surface area contributed by atoms with Crippen molar-refractivity contribution < 1.29 is 4.79 Å². The summed E-state index contributed by atoms with van der Waals surface area (Å²) in [6.07, 6.45) is 4.37. The number of fused-ring (bicyclic) bond motifs is 1. The van der Waals surface area contributed by atoms with E-state index in [1.165, 1.54) is 23.1 Å². The van der Waals surface area contributed by atoms with Crippen molar-refractivity contribution in [3.05, 3.63) is 64.7 Å². The maximum absolute atomic E-state index is 12.4. The Balaban J connectivity index is 1.83. The molecule has 1 amide bonds. The molecule has 0 fully saturated rings. The van der Waals surface area contributed by atoms with Crippen LogP contribution in [-0.2, 0) is 19.3 Å². The topological polar surface area (TPSA) is 29.1 Å². The number of nitrogens with one attached hydrogen (secondary N) is 1. The Hall–Kier alpha value is -2.09. The van der Waals surface area contributed by atoms with Crippen molar-refractivity contribution >= 4 is 11.6 Å². The Labute approximate surface area is 119 Å². The molecule has 2 heteroatoms. The second-order valence-electron chi connectivity index (χ2n) is 5.30.